The molecular weight excluding hydrogens is 628 g/mol. The molecule has 12 heteroatoms. The molecule has 4 N–H and O–H groups in total. The number of aliphatic hydroxyl groups is 1. The van der Waals surface area contributed by atoms with Crippen LogP contribution in [0.5, 0.6) is 0 Å². The van der Waals surface area contributed by atoms with Gasteiger partial charge in [-0.3, -0.25) is 4.79 Å². The highest BCUT2D eigenvalue weighted by Crippen LogP contribution is 2.31. The summed E-state index contributed by atoms with van der Waals surface area (Å²) < 4.78 is 18.1. The van der Waals surface area contributed by atoms with Crippen LogP contribution in [-0.4, -0.2) is 127 Å². The SMILES string of the molecule is CO[C@@H]([C@@H](C)O)[C@@H](C)OC(C)(C)C[C@H](C)/C=C/C=C(\C)[C@H]1O[C@@H](CC(=O)NCCCC[C@@H](NC(=O)N2CCN(C)CC2)C(=O)O)CC[C@@H]1C. The number of nitrogens with zero attached hydrogens (tertiary/aromatic N) is 2. The van der Waals surface area contributed by atoms with Gasteiger partial charge < -0.3 is 44.9 Å². The van der Waals surface area contributed by atoms with Crippen molar-refractivity contribution in [3.63, 3.8) is 0 Å². The summed E-state index contributed by atoms with van der Waals surface area (Å²) in [7, 11) is 3.58. The van der Waals surface area contributed by atoms with Gasteiger partial charge in [0.1, 0.15) is 12.1 Å². The number of unbranched alkanes of at least 4 members (excludes halogenated alkanes) is 1. The van der Waals surface area contributed by atoms with E-state index in [4.69, 9.17) is 14.2 Å². The number of likely N-dealkylation sites (N-methyl/N-ethyl adjacent to an activating group) is 1. The number of ether oxygens (including phenoxy) is 3. The third-order valence-corrected chi connectivity index (χ3v) is 9.62. The Hall–Kier alpha value is -2.51. The Kier molecular flexibility index (Phi) is 18.3. The van der Waals surface area contributed by atoms with Gasteiger partial charge in [-0.1, -0.05) is 32.1 Å². The molecule has 0 unspecified atom stereocenters. The van der Waals surface area contributed by atoms with E-state index < -0.39 is 23.7 Å². The van der Waals surface area contributed by atoms with Crippen LogP contribution in [0, 0.1) is 11.8 Å². The van der Waals surface area contributed by atoms with E-state index in [1.54, 1.807) is 18.9 Å². The first-order chi connectivity index (χ1) is 23.0. The topological polar surface area (TPSA) is 150 Å². The fourth-order valence-electron chi connectivity index (χ4n) is 6.94. The van der Waals surface area contributed by atoms with E-state index in [-0.39, 0.29) is 48.7 Å². The molecule has 0 radical (unpaired) electrons. The number of carboxylic acids is 1. The molecule has 2 fully saturated rings. The van der Waals surface area contributed by atoms with Crippen molar-refractivity contribution in [3.8, 4) is 0 Å². The quantitative estimate of drug-likeness (QED) is 0.114. The number of allylic oxidation sites excluding steroid dienone is 3. The molecule has 0 aromatic heterocycles. The second-order valence-electron chi connectivity index (χ2n) is 14.9. The lowest BCUT2D eigenvalue weighted by atomic mass is 9.88. The number of hydrogen-bond acceptors (Lipinski definition) is 8. The zero-order valence-electron chi connectivity index (χ0n) is 31.6. The standard InChI is InChI=1S/C37H66N4O8/c1-25(24-37(6,7)49-29(5)34(47-9)28(4)42)13-12-14-26(2)33-27(3)16-17-30(48-33)23-32(43)38-18-11-10-15-31(35(44)45)39-36(46)41-21-19-40(8)20-22-41/h12-14,25,27-31,33-34,42H,10-11,15-24H2,1-9H3,(H,38,43)(H,39,46)(H,44,45)/b13-12+,26-14+/t25-,27+,28-,29-,30-,31-,33-,34+/m1/s1. The normalized spacial score (nSPS) is 24.2. The highest BCUT2D eigenvalue weighted by molar-refractivity contribution is 5.82. The number of methoxy groups -OCH3 is 1. The number of rotatable bonds is 19. The maximum absolute atomic E-state index is 12.7. The first-order valence-electron chi connectivity index (χ1n) is 18.2. The largest absolute Gasteiger partial charge is 0.480 e. The number of amides is 3. The summed E-state index contributed by atoms with van der Waals surface area (Å²) in [5.41, 5.74) is 0.726. The number of aliphatic carboxylic acids is 1. The van der Waals surface area contributed by atoms with Gasteiger partial charge in [0.05, 0.1) is 36.4 Å². The summed E-state index contributed by atoms with van der Waals surface area (Å²) in [5.74, 6) is -0.517. The lowest BCUT2D eigenvalue weighted by Crippen LogP contribution is -2.53. The Labute approximate surface area is 295 Å². The van der Waals surface area contributed by atoms with Gasteiger partial charge in [-0.25, -0.2) is 9.59 Å². The first kappa shape index (κ1) is 42.7. The number of nitrogens with one attached hydrogen (secondary N) is 2. The van der Waals surface area contributed by atoms with Gasteiger partial charge in [0.2, 0.25) is 5.91 Å². The van der Waals surface area contributed by atoms with E-state index in [1.807, 2.05) is 14.0 Å². The lowest BCUT2D eigenvalue weighted by Gasteiger charge is -2.35. The Morgan fingerprint density at radius 1 is 1.08 bits per heavy atom. The Balaban J connectivity index is 1.75. The molecule has 0 saturated carbocycles. The Morgan fingerprint density at radius 2 is 1.76 bits per heavy atom. The average molecular weight is 695 g/mol. The van der Waals surface area contributed by atoms with Crippen LogP contribution in [0.15, 0.2) is 23.8 Å². The number of piperazine rings is 1. The molecule has 0 aliphatic carbocycles. The van der Waals surface area contributed by atoms with Gasteiger partial charge in [0, 0.05) is 39.8 Å². The summed E-state index contributed by atoms with van der Waals surface area (Å²) in [6.07, 6.45) is 9.24. The highest BCUT2D eigenvalue weighted by Gasteiger charge is 2.32. The smallest absolute Gasteiger partial charge is 0.326 e. The number of aliphatic hydroxyl groups excluding tert-OH is 1. The van der Waals surface area contributed by atoms with Crippen molar-refractivity contribution in [2.24, 2.45) is 11.8 Å². The number of carbonyl (C=O) groups is 3. The number of hydrogen-bond donors (Lipinski definition) is 4. The molecule has 0 aromatic carbocycles. The van der Waals surface area contributed by atoms with Gasteiger partial charge in [-0.15, -0.1) is 0 Å². The molecule has 49 heavy (non-hydrogen) atoms. The second kappa shape index (κ2) is 21.0. The van der Waals surface area contributed by atoms with Gasteiger partial charge in [0.15, 0.2) is 0 Å². The van der Waals surface area contributed by atoms with Gasteiger partial charge in [-0.2, -0.15) is 0 Å². The number of urea groups is 1. The highest BCUT2D eigenvalue weighted by atomic mass is 16.6. The summed E-state index contributed by atoms with van der Waals surface area (Å²) >= 11 is 0. The Bertz CT molecular complexity index is 1090. The van der Waals surface area contributed by atoms with Crippen LogP contribution in [0.25, 0.3) is 0 Å². The molecule has 2 heterocycles. The molecule has 2 aliphatic heterocycles. The van der Waals surface area contributed by atoms with Gasteiger partial charge >= 0.3 is 12.0 Å². The van der Waals surface area contributed by atoms with Gasteiger partial charge in [-0.05, 0) is 97.6 Å². The lowest BCUT2D eigenvalue weighted by molar-refractivity contribution is -0.149. The number of carbonyl (C=O) groups excluding carboxylic acids is 2. The van der Waals surface area contributed by atoms with Crippen molar-refractivity contribution in [1.82, 2.24) is 20.4 Å². The molecule has 0 bridgehead atoms. The van der Waals surface area contributed by atoms with Crippen molar-refractivity contribution < 1.29 is 38.8 Å². The van der Waals surface area contributed by atoms with Crippen molar-refractivity contribution in [2.75, 3.05) is 46.9 Å². The van der Waals surface area contributed by atoms with E-state index in [0.29, 0.717) is 44.8 Å². The van der Waals surface area contributed by atoms with Crippen LogP contribution in [0.4, 0.5) is 4.79 Å². The number of carboxylic acid groups (broad SMARTS) is 1. The Morgan fingerprint density at radius 3 is 2.37 bits per heavy atom. The van der Waals surface area contributed by atoms with Crippen LogP contribution in [0.3, 0.4) is 0 Å². The molecular formula is C37H66N4O8. The molecule has 2 saturated heterocycles. The molecule has 0 aromatic rings. The van der Waals surface area contributed by atoms with Crippen molar-refractivity contribution >= 4 is 17.9 Å². The monoisotopic (exact) mass is 694 g/mol. The van der Waals surface area contributed by atoms with Crippen LogP contribution in [0.2, 0.25) is 0 Å². The van der Waals surface area contributed by atoms with Crippen molar-refractivity contribution in [2.45, 2.75) is 136 Å². The maximum atomic E-state index is 12.7. The minimum Gasteiger partial charge on any atom is -0.480 e. The third kappa shape index (κ3) is 15.5. The summed E-state index contributed by atoms with van der Waals surface area (Å²) in [5, 5.41) is 25.2. The zero-order valence-corrected chi connectivity index (χ0v) is 31.6. The molecule has 3 amide bonds. The third-order valence-electron chi connectivity index (χ3n) is 9.62. The minimum atomic E-state index is -1.05. The van der Waals surface area contributed by atoms with Crippen LogP contribution in [-0.2, 0) is 23.8 Å². The fraction of sp³-hybridized carbons (Fsp3) is 0.811. The minimum absolute atomic E-state index is 0.0624. The molecule has 2 aliphatic rings. The van der Waals surface area contributed by atoms with Gasteiger partial charge in [0.25, 0.3) is 0 Å². The molecule has 8 atom stereocenters. The van der Waals surface area contributed by atoms with Crippen LogP contribution < -0.4 is 10.6 Å². The van der Waals surface area contributed by atoms with E-state index in [9.17, 15) is 24.6 Å². The first-order valence-corrected chi connectivity index (χ1v) is 18.2. The van der Waals surface area contributed by atoms with E-state index >= 15 is 0 Å². The van der Waals surface area contributed by atoms with Crippen molar-refractivity contribution in [3.05, 3.63) is 23.8 Å². The molecule has 12 nitrogen and oxygen atoms in total. The summed E-state index contributed by atoms with van der Waals surface area (Å²) in [4.78, 5) is 40.8. The molecule has 282 valence electrons. The van der Waals surface area contributed by atoms with Crippen LogP contribution >= 0.6 is 0 Å². The summed E-state index contributed by atoms with van der Waals surface area (Å²) in [6.45, 7) is 17.3. The zero-order chi connectivity index (χ0) is 36.7. The van der Waals surface area contributed by atoms with E-state index in [2.05, 4.69) is 68.4 Å². The second-order valence-corrected chi connectivity index (χ2v) is 14.9. The fourth-order valence-corrected chi connectivity index (χ4v) is 6.94. The van der Waals surface area contributed by atoms with Crippen molar-refractivity contribution in [1.29, 1.82) is 0 Å². The van der Waals surface area contributed by atoms with E-state index in [1.165, 1.54) is 0 Å². The summed E-state index contributed by atoms with van der Waals surface area (Å²) in [6, 6.07) is -1.29. The predicted octanol–water partition coefficient (Wildman–Crippen LogP) is 4.37. The molecule has 2 rings (SSSR count). The predicted molar refractivity (Wildman–Crippen MR) is 191 cm³/mol. The maximum Gasteiger partial charge on any atom is 0.326 e. The van der Waals surface area contributed by atoms with Crippen LogP contribution in [0.1, 0.15) is 93.4 Å². The average Bonchev–Trinajstić information content (AvgIpc) is 3.00. The van der Waals surface area contributed by atoms with E-state index in [0.717, 1.165) is 37.9 Å². The molecule has 0 spiro atoms.